The molecule has 0 heterocycles. The Morgan fingerprint density at radius 3 is 2.20 bits per heavy atom. The van der Waals surface area contributed by atoms with Crippen LogP contribution in [0.15, 0.2) is 42.5 Å². The van der Waals surface area contributed by atoms with E-state index in [1.54, 1.807) is 12.1 Å². The molecular formula is C21H23F3O. The summed E-state index contributed by atoms with van der Waals surface area (Å²) in [5, 5.41) is 0. The van der Waals surface area contributed by atoms with Gasteiger partial charge in [-0.15, -0.1) is 0 Å². The number of hydrogen-bond acceptors (Lipinski definition) is 1. The van der Waals surface area contributed by atoms with E-state index in [4.69, 9.17) is 4.74 Å². The summed E-state index contributed by atoms with van der Waals surface area (Å²) in [7, 11) is 0. The van der Waals surface area contributed by atoms with Gasteiger partial charge in [0.25, 0.3) is 0 Å². The number of alkyl halides is 2. The van der Waals surface area contributed by atoms with Crippen molar-refractivity contribution in [1.29, 1.82) is 0 Å². The van der Waals surface area contributed by atoms with Crippen LogP contribution in [0.25, 0.3) is 0 Å². The van der Waals surface area contributed by atoms with Crippen molar-refractivity contribution < 1.29 is 17.9 Å². The van der Waals surface area contributed by atoms with Crippen LogP contribution in [0.2, 0.25) is 0 Å². The van der Waals surface area contributed by atoms with E-state index < -0.39 is 17.5 Å². The zero-order valence-corrected chi connectivity index (χ0v) is 14.6. The Bertz CT molecular complexity index is 716. The fraction of sp³-hybridized carbons (Fsp3) is 0.429. The van der Waals surface area contributed by atoms with Crippen LogP contribution in [-0.4, -0.2) is 0 Å². The Labute approximate surface area is 146 Å². The van der Waals surface area contributed by atoms with Crippen LogP contribution in [-0.2, 0) is 6.11 Å². The van der Waals surface area contributed by atoms with Crippen LogP contribution >= 0.6 is 0 Å². The van der Waals surface area contributed by atoms with Crippen molar-refractivity contribution in [2.24, 2.45) is 5.92 Å². The summed E-state index contributed by atoms with van der Waals surface area (Å²) in [5.41, 5.74) is 1.04. The highest BCUT2D eigenvalue weighted by atomic mass is 19.3. The van der Waals surface area contributed by atoms with Gasteiger partial charge in [0.05, 0.1) is 5.56 Å². The molecule has 1 nitrogen and oxygen atoms in total. The van der Waals surface area contributed by atoms with Gasteiger partial charge in [0.1, 0.15) is 11.6 Å². The molecule has 0 amide bonds. The zero-order chi connectivity index (χ0) is 18.0. The first-order valence-electron chi connectivity index (χ1n) is 8.78. The molecule has 2 aromatic carbocycles. The minimum absolute atomic E-state index is 0.0568. The monoisotopic (exact) mass is 348 g/mol. The minimum Gasteiger partial charge on any atom is -0.429 e. The SMILES string of the molecule is Cc1ccc(OC(F)(F)c2ccc(C3CCC(C)CC3)c(F)c2)cc1. The Morgan fingerprint density at radius 1 is 0.960 bits per heavy atom. The molecule has 2 aromatic rings. The van der Waals surface area contributed by atoms with Crippen molar-refractivity contribution in [3.63, 3.8) is 0 Å². The van der Waals surface area contributed by atoms with Gasteiger partial charge < -0.3 is 4.74 Å². The Kier molecular flexibility index (Phi) is 5.07. The Hall–Kier alpha value is -1.97. The van der Waals surface area contributed by atoms with Gasteiger partial charge in [0, 0.05) is 0 Å². The highest BCUT2D eigenvalue weighted by molar-refractivity contribution is 5.31. The maximum Gasteiger partial charge on any atom is 0.426 e. The molecule has 1 fully saturated rings. The zero-order valence-electron chi connectivity index (χ0n) is 14.6. The summed E-state index contributed by atoms with van der Waals surface area (Å²) in [6.45, 7) is 4.06. The van der Waals surface area contributed by atoms with Gasteiger partial charge in [0.15, 0.2) is 0 Å². The van der Waals surface area contributed by atoms with E-state index in [2.05, 4.69) is 6.92 Å². The van der Waals surface area contributed by atoms with Crippen LogP contribution in [0, 0.1) is 18.7 Å². The number of benzene rings is 2. The van der Waals surface area contributed by atoms with E-state index >= 15 is 0 Å². The lowest BCUT2D eigenvalue weighted by molar-refractivity contribution is -0.185. The predicted octanol–water partition coefficient (Wildman–Crippen LogP) is 6.56. The molecule has 0 saturated heterocycles. The first-order chi connectivity index (χ1) is 11.8. The molecule has 4 heteroatoms. The molecule has 0 aliphatic heterocycles. The first-order valence-corrected chi connectivity index (χ1v) is 8.78. The molecular weight excluding hydrogens is 325 g/mol. The van der Waals surface area contributed by atoms with E-state index in [1.165, 1.54) is 24.3 Å². The summed E-state index contributed by atoms with van der Waals surface area (Å²) in [6, 6.07) is 10.1. The number of hydrogen-bond donors (Lipinski definition) is 0. The molecule has 0 radical (unpaired) electrons. The highest BCUT2D eigenvalue weighted by Gasteiger charge is 2.36. The third-order valence-electron chi connectivity index (χ3n) is 5.06. The predicted molar refractivity (Wildman–Crippen MR) is 92.5 cm³/mol. The third-order valence-corrected chi connectivity index (χ3v) is 5.06. The number of halogens is 3. The summed E-state index contributed by atoms with van der Waals surface area (Å²) in [6.07, 6.45) is 0.355. The van der Waals surface area contributed by atoms with Crippen molar-refractivity contribution in [2.45, 2.75) is 51.6 Å². The topological polar surface area (TPSA) is 9.23 Å². The molecule has 0 atom stereocenters. The molecule has 1 saturated carbocycles. The van der Waals surface area contributed by atoms with Crippen LogP contribution in [0.1, 0.15) is 55.2 Å². The normalized spacial score (nSPS) is 21.2. The number of aryl methyl sites for hydroxylation is 1. The van der Waals surface area contributed by atoms with Crippen molar-refractivity contribution in [2.75, 3.05) is 0 Å². The quantitative estimate of drug-likeness (QED) is 0.608. The average Bonchev–Trinajstić information content (AvgIpc) is 2.58. The molecule has 25 heavy (non-hydrogen) atoms. The second kappa shape index (κ2) is 7.11. The van der Waals surface area contributed by atoms with Gasteiger partial charge in [-0.3, -0.25) is 0 Å². The van der Waals surface area contributed by atoms with E-state index in [9.17, 15) is 13.2 Å². The van der Waals surface area contributed by atoms with Gasteiger partial charge >= 0.3 is 6.11 Å². The second-order valence-electron chi connectivity index (χ2n) is 7.12. The van der Waals surface area contributed by atoms with Gasteiger partial charge in [-0.1, -0.05) is 43.5 Å². The lowest BCUT2D eigenvalue weighted by Gasteiger charge is -2.27. The van der Waals surface area contributed by atoms with Crippen LogP contribution in [0.5, 0.6) is 5.75 Å². The van der Waals surface area contributed by atoms with Gasteiger partial charge in [-0.2, -0.15) is 8.78 Å². The Morgan fingerprint density at radius 2 is 1.60 bits per heavy atom. The summed E-state index contributed by atoms with van der Waals surface area (Å²) in [5.74, 6) is 0.272. The second-order valence-corrected chi connectivity index (χ2v) is 7.12. The smallest absolute Gasteiger partial charge is 0.426 e. The molecule has 0 N–H and O–H groups in total. The van der Waals surface area contributed by atoms with E-state index in [1.807, 2.05) is 6.92 Å². The van der Waals surface area contributed by atoms with Gasteiger partial charge in [0.2, 0.25) is 0 Å². The average molecular weight is 348 g/mol. The maximum atomic E-state index is 14.5. The van der Waals surface area contributed by atoms with E-state index in [0.717, 1.165) is 37.3 Å². The van der Waals surface area contributed by atoms with Gasteiger partial charge in [-0.25, -0.2) is 4.39 Å². The molecule has 0 bridgehead atoms. The standard InChI is InChI=1S/C21H23F3O/c1-14-3-7-16(8-4-14)19-12-9-17(13-20(19)22)21(23,24)25-18-10-5-15(2)6-11-18/h5-6,9-14,16H,3-4,7-8H2,1-2H3. The van der Waals surface area contributed by atoms with Crippen LogP contribution in [0.3, 0.4) is 0 Å². The molecule has 0 spiro atoms. The van der Waals surface area contributed by atoms with Crippen molar-refractivity contribution in [3.05, 3.63) is 65.0 Å². The molecule has 134 valence electrons. The summed E-state index contributed by atoms with van der Waals surface area (Å²) in [4.78, 5) is 0. The van der Waals surface area contributed by atoms with E-state index in [-0.39, 0.29) is 11.7 Å². The largest absolute Gasteiger partial charge is 0.429 e. The molecule has 0 aromatic heterocycles. The highest BCUT2D eigenvalue weighted by Crippen LogP contribution is 2.38. The lowest BCUT2D eigenvalue weighted by Crippen LogP contribution is -2.22. The fourth-order valence-electron chi connectivity index (χ4n) is 3.42. The number of ether oxygens (including phenoxy) is 1. The van der Waals surface area contributed by atoms with E-state index in [0.29, 0.717) is 11.5 Å². The number of rotatable bonds is 4. The van der Waals surface area contributed by atoms with Gasteiger partial charge in [-0.05, 0) is 61.4 Å². The fourth-order valence-corrected chi connectivity index (χ4v) is 3.42. The summed E-state index contributed by atoms with van der Waals surface area (Å²) >= 11 is 0. The van der Waals surface area contributed by atoms with Crippen LogP contribution < -0.4 is 4.74 Å². The minimum atomic E-state index is -3.57. The van der Waals surface area contributed by atoms with Crippen molar-refractivity contribution >= 4 is 0 Å². The lowest BCUT2D eigenvalue weighted by atomic mass is 9.79. The Balaban J connectivity index is 1.77. The third kappa shape index (κ3) is 4.17. The van der Waals surface area contributed by atoms with Crippen LogP contribution in [0.4, 0.5) is 13.2 Å². The molecule has 0 unspecified atom stereocenters. The van der Waals surface area contributed by atoms with Crippen molar-refractivity contribution in [1.82, 2.24) is 0 Å². The molecule has 1 aliphatic carbocycles. The van der Waals surface area contributed by atoms with Crippen molar-refractivity contribution in [3.8, 4) is 5.75 Å². The molecule has 3 rings (SSSR count). The first kappa shape index (κ1) is 17.8. The molecule has 1 aliphatic rings. The maximum absolute atomic E-state index is 14.5. The summed E-state index contributed by atoms with van der Waals surface area (Å²) < 4.78 is 48.0.